The maximum atomic E-state index is 5.48. The molecule has 3 nitrogen and oxygen atoms in total. The van der Waals surface area contributed by atoms with Gasteiger partial charge in [-0.15, -0.1) is 0 Å². The summed E-state index contributed by atoms with van der Waals surface area (Å²) in [6, 6.07) is 19.2. The Bertz CT molecular complexity index is 959. The van der Waals surface area contributed by atoms with E-state index in [0.717, 1.165) is 36.6 Å². The number of nitrogens with zero attached hydrogens (tertiary/aromatic N) is 1. The van der Waals surface area contributed by atoms with Crippen LogP contribution in [0.5, 0.6) is 11.5 Å². The molecule has 0 fully saturated rings. The molecule has 0 N–H and O–H groups in total. The van der Waals surface area contributed by atoms with Gasteiger partial charge in [-0.2, -0.15) is 0 Å². The first kappa shape index (κ1) is 15.7. The molecule has 25 heavy (non-hydrogen) atoms. The van der Waals surface area contributed by atoms with Gasteiger partial charge in [0.2, 0.25) is 0 Å². The quantitative estimate of drug-likeness (QED) is 0.707. The molecule has 0 amide bonds. The van der Waals surface area contributed by atoms with Crippen LogP contribution >= 0.6 is 0 Å². The Morgan fingerprint density at radius 3 is 2.44 bits per heavy atom. The monoisotopic (exact) mass is 331 g/mol. The van der Waals surface area contributed by atoms with Crippen molar-refractivity contribution in [3.05, 3.63) is 71.3 Å². The van der Waals surface area contributed by atoms with E-state index in [0.29, 0.717) is 0 Å². The van der Waals surface area contributed by atoms with Crippen molar-refractivity contribution in [2.75, 3.05) is 20.8 Å². The Morgan fingerprint density at radius 1 is 0.880 bits per heavy atom. The van der Waals surface area contributed by atoms with Crippen LogP contribution in [-0.4, -0.2) is 26.5 Å². The minimum absolute atomic E-state index is 0.759. The summed E-state index contributed by atoms with van der Waals surface area (Å²) in [7, 11) is 3.35. The zero-order valence-corrected chi connectivity index (χ0v) is 14.6. The number of ether oxygens (including phenoxy) is 2. The van der Waals surface area contributed by atoms with E-state index in [1.54, 1.807) is 14.2 Å². The number of hydrogen-bond acceptors (Lipinski definition) is 3. The molecule has 0 aliphatic carbocycles. The molecule has 1 aliphatic rings. The molecule has 1 heterocycles. The molecular weight excluding hydrogens is 310 g/mol. The maximum absolute atomic E-state index is 5.48. The van der Waals surface area contributed by atoms with E-state index in [4.69, 9.17) is 14.5 Å². The zero-order chi connectivity index (χ0) is 17.2. The molecule has 0 aromatic heterocycles. The lowest BCUT2D eigenvalue weighted by atomic mass is 9.92. The number of hydrogen-bond donors (Lipinski definition) is 0. The lowest BCUT2D eigenvalue weighted by Gasteiger charge is -2.20. The van der Waals surface area contributed by atoms with Crippen LogP contribution in [0, 0.1) is 0 Å². The van der Waals surface area contributed by atoms with Crippen LogP contribution in [0.4, 0.5) is 0 Å². The average molecular weight is 331 g/mol. The normalized spacial score (nSPS) is 13.3. The topological polar surface area (TPSA) is 30.8 Å². The highest BCUT2D eigenvalue weighted by Crippen LogP contribution is 2.33. The second-order valence-electron chi connectivity index (χ2n) is 6.30. The molecule has 0 atom stereocenters. The first-order chi connectivity index (χ1) is 12.3. The fourth-order valence-electron chi connectivity index (χ4n) is 3.49. The van der Waals surface area contributed by atoms with Crippen LogP contribution in [0.2, 0.25) is 0 Å². The average Bonchev–Trinajstić information content (AvgIpc) is 2.67. The number of aliphatic imine (C=N–C) groups is 1. The van der Waals surface area contributed by atoms with Gasteiger partial charge in [-0.1, -0.05) is 42.5 Å². The third-order valence-corrected chi connectivity index (χ3v) is 4.79. The fraction of sp³-hybridized carbons (Fsp3) is 0.227. The van der Waals surface area contributed by atoms with Crippen LogP contribution in [-0.2, 0) is 12.8 Å². The minimum Gasteiger partial charge on any atom is -0.493 e. The molecule has 0 radical (unpaired) electrons. The molecule has 3 aromatic carbocycles. The van der Waals surface area contributed by atoms with Gasteiger partial charge < -0.3 is 9.47 Å². The summed E-state index contributed by atoms with van der Waals surface area (Å²) in [6.45, 7) is 0.825. The van der Waals surface area contributed by atoms with Gasteiger partial charge in [0, 0.05) is 24.2 Å². The lowest BCUT2D eigenvalue weighted by Crippen LogP contribution is -2.16. The summed E-state index contributed by atoms with van der Waals surface area (Å²) in [5, 5.41) is 2.53. The molecular formula is C22H21NO2. The van der Waals surface area contributed by atoms with E-state index in [1.807, 2.05) is 0 Å². The van der Waals surface area contributed by atoms with E-state index in [1.165, 1.54) is 27.5 Å². The Hall–Kier alpha value is -2.81. The van der Waals surface area contributed by atoms with Gasteiger partial charge in [-0.3, -0.25) is 4.99 Å². The summed E-state index contributed by atoms with van der Waals surface area (Å²) in [5.74, 6) is 1.54. The van der Waals surface area contributed by atoms with Gasteiger partial charge >= 0.3 is 0 Å². The van der Waals surface area contributed by atoms with Gasteiger partial charge in [-0.25, -0.2) is 0 Å². The van der Waals surface area contributed by atoms with Gasteiger partial charge in [0.1, 0.15) is 0 Å². The smallest absolute Gasteiger partial charge is 0.161 e. The Labute approximate surface area is 147 Å². The first-order valence-electron chi connectivity index (χ1n) is 8.55. The number of methoxy groups -OCH3 is 2. The van der Waals surface area contributed by atoms with E-state index >= 15 is 0 Å². The molecule has 126 valence electrons. The third kappa shape index (κ3) is 2.98. The predicted molar refractivity (Wildman–Crippen MR) is 102 cm³/mol. The van der Waals surface area contributed by atoms with Crippen molar-refractivity contribution >= 4 is 16.5 Å². The Balaban J connectivity index is 1.70. The van der Waals surface area contributed by atoms with E-state index < -0.39 is 0 Å². The molecule has 1 aliphatic heterocycles. The van der Waals surface area contributed by atoms with Crippen molar-refractivity contribution in [1.82, 2.24) is 0 Å². The second-order valence-corrected chi connectivity index (χ2v) is 6.30. The summed E-state index contributed by atoms with van der Waals surface area (Å²) < 4.78 is 10.9. The Morgan fingerprint density at radius 2 is 1.64 bits per heavy atom. The highest BCUT2D eigenvalue weighted by atomic mass is 16.5. The molecule has 0 unspecified atom stereocenters. The van der Waals surface area contributed by atoms with Crippen molar-refractivity contribution in [3.63, 3.8) is 0 Å². The van der Waals surface area contributed by atoms with Crippen LogP contribution < -0.4 is 9.47 Å². The van der Waals surface area contributed by atoms with E-state index in [-0.39, 0.29) is 0 Å². The largest absolute Gasteiger partial charge is 0.493 e. The molecule has 0 saturated heterocycles. The zero-order valence-electron chi connectivity index (χ0n) is 14.6. The number of rotatable bonds is 4. The molecule has 4 rings (SSSR count). The highest BCUT2D eigenvalue weighted by molar-refractivity contribution is 6.04. The van der Waals surface area contributed by atoms with Crippen molar-refractivity contribution in [2.45, 2.75) is 12.8 Å². The molecule has 0 spiro atoms. The first-order valence-corrected chi connectivity index (χ1v) is 8.55. The standard InChI is InChI=1S/C22H21NO2/c1-24-21-13-18-9-10-23-20(19(18)14-22(21)25-2)12-15-7-8-16-5-3-4-6-17(16)11-15/h3-8,11,13-14H,9-10,12H2,1-2H3. The predicted octanol–water partition coefficient (Wildman–Crippen LogP) is 4.44. The molecule has 3 aromatic rings. The van der Waals surface area contributed by atoms with Crippen molar-refractivity contribution in [2.24, 2.45) is 4.99 Å². The Kier molecular flexibility index (Phi) is 4.14. The van der Waals surface area contributed by atoms with Crippen LogP contribution in [0.3, 0.4) is 0 Å². The van der Waals surface area contributed by atoms with Crippen LogP contribution in [0.25, 0.3) is 10.8 Å². The molecule has 0 bridgehead atoms. The summed E-state index contributed by atoms with van der Waals surface area (Å²) >= 11 is 0. The summed E-state index contributed by atoms with van der Waals surface area (Å²) in [5.41, 5.74) is 4.86. The summed E-state index contributed by atoms with van der Waals surface area (Å²) in [6.07, 6.45) is 1.77. The van der Waals surface area contributed by atoms with Crippen LogP contribution in [0.1, 0.15) is 16.7 Å². The molecule has 0 saturated carbocycles. The van der Waals surface area contributed by atoms with Gasteiger partial charge in [0.15, 0.2) is 11.5 Å². The summed E-state index contributed by atoms with van der Waals surface area (Å²) in [4.78, 5) is 4.80. The maximum Gasteiger partial charge on any atom is 0.161 e. The second kappa shape index (κ2) is 6.60. The highest BCUT2D eigenvalue weighted by Gasteiger charge is 2.18. The third-order valence-electron chi connectivity index (χ3n) is 4.79. The van der Waals surface area contributed by atoms with Gasteiger partial charge in [0.05, 0.1) is 14.2 Å². The molecule has 3 heteroatoms. The van der Waals surface area contributed by atoms with E-state index in [2.05, 4.69) is 54.6 Å². The lowest BCUT2D eigenvalue weighted by molar-refractivity contribution is 0.354. The van der Waals surface area contributed by atoms with Gasteiger partial charge in [-0.05, 0) is 40.5 Å². The van der Waals surface area contributed by atoms with Crippen molar-refractivity contribution in [3.8, 4) is 11.5 Å². The fourth-order valence-corrected chi connectivity index (χ4v) is 3.49. The van der Waals surface area contributed by atoms with Crippen molar-refractivity contribution in [1.29, 1.82) is 0 Å². The van der Waals surface area contributed by atoms with Crippen LogP contribution in [0.15, 0.2) is 59.6 Å². The number of benzene rings is 3. The minimum atomic E-state index is 0.759. The van der Waals surface area contributed by atoms with Crippen molar-refractivity contribution < 1.29 is 9.47 Å². The number of fused-ring (bicyclic) bond motifs is 2. The van der Waals surface area contributed by atoms with Gasteiger partial charge in [0.25, 0.3) is 0 Å². The SMILES string of the molecule is COc1cc2c(cc1OC)C(Cc1ccc3ccccc3c1)=NCC2. The van der Waals surface area contributed by atoms with E-state index in [9.17, 15) is 0 Å².